The molecular formula is C38H46N2O4. The lowest BCUT2D eigenvalue weighted by Gasteiger charge is -2.27. The number of aliphatic hydroxyl groups excluding tert-OH is 1. The number of primary amides is 1. The highest BCUT2D eigenvalue weighted by Crippen LogP contribution is 2.38. The second-order valence-corrected chi connectivity index (χ2v) is 9.92. The van der Waals surface area contributed by atoms with Crippen LogP contribution in [0.1, 0.15) is 61.1 Å². The van der Waals surface area contributed by atoms with Crippen molar-refractivity contribution >= 4 is 27.9 Å². The summed E-state index contributed by atoms with van der Waals surface area (Å²) in [7, 11) is 3.26. The molecule has 0 saturated carbocycles. The number of carbonyl (C=O) groups excluding carboxylic acids is 1. The van der Waals surface area contributed by atoms with Gasteiger partial charge in [-0.1, -0.05) is 56.3 Å². The molecule has 0 radical (unpaired) electrons. The van der Waals surface area contributed by atoms with Gasteiger partial charge in [0, 0.05) is 23.4 Å². The first kappa shape index (κ1) is 35.5. The molecule has 0 aromatic heterocycles. The molecule has 1 aliphatic heterocycles. The number of benzene rings is 4. The normalized spacial score (nSPS) is 12.6. The molecule has 0 aliphatic carbocycles. The Kier molecular flexibility index (Phi) is 14.5. The molecular weight excluding hydrogens is 548 g/mol. The predicted octanol–water partition coefficient (Wildman–Crippen LogP) is 7.79. The summed E-state index contributed by atoms with van der Waals surface area (Å²) in [5.41, 5.74) is 12.2. The Labute approximate surface area is 262 Å². The van der Waals surface area contributed by atoms with Gasteiger partial charge in [-0.15, -0.1) is 12.3 Å². The Balaban J connectivity index is 0.000000299. The van der Waals surface area contributed by atoms with Crippen LogP contribution in [0.2, 0.25) is 0 Å². The van der Waals surface area contributed by atoms with E-state index < -0.39 is 5.91 Å². The van der Waals surface area contributed by atoms with Gasteiger partial charge in [-0.3, -0.25) is 4.79 Å². The van der Waals surface area contributed by atoms with Crippen LogP contribution in [0.3, 0.4) is 0 Å². The van der Waals surface area contributed by atoms with Gasteiger partial charge in [-0.05, 0) is 103 Å². The lowest BCUT2D eigenvalue weighted by Crippen LogP contribution is -2.21. The first-order valence-electron chi connectivity index (χ1n) is 14.8. The Morgan fingerprint density at radius 1 is 0.977 bits per heavy atom. The van der Waals surface area contributed by atoms with Gasteiger partial charge in [0.15, 0.2) is 0 Å². The number of hydrogen-bond donors (Lipinski definition) is 3. The zero-order chi connectivity index (χ0) is 32.6. The largest absolute Gasteiger partial charge is 0.497 e. The Hall–Kier alpha value is -4.73. The molecule has 1 atom stereocenters. The van der Waals surface area contributed by atoms with Crippen LogP contribution < -0.4 is 20.5 Å². The minimum Gasteiger partial charge on any atom is -0.497 e. The number of rotatable bonds is 7. The average molecular weight is 595 g/mol. The second kappa shape index (κ2) is 18.0. The number of hydrogen-bond acceptors (Lipinski definition) is 5. The minimum absolute atomic E-state index is 0.147. The zero-order valence-electron chi connectivity index (χ0n) is 27.0. The number of fused-ring (bicyclic) bond motifs is 2. The molecule has 0 saturated heterocycles. The van der Waals surface area contributed by atoms with Gasteiger partial charge >= 0.3 is 0 Å². The van der Waals surface area contributed by atoms with E-state index in [-0.39, 0.29) is 12.6 Å². The number of nitrogens with two attached hydrogens (primary N) is 1. The van der Waals surface area contributed by atoms with Crippen LogP contribution in [0.5, 0.6) is 11.5 Å². The van der Waals surface area contributed by atoms with Crippen molar-refractivity contribution < 1.29 is 19.4 Å². The van der Waals surface area contributed by atoms with Crippen LogP contribution >= 0.6 is 0 Å². The standard InChI is InChI=1S/C20H22N2O3.C13H14O.C3H4.C2H6/c1-11-7-13(8-12(2)19(11)25-4)18-10-16(20(21)23)15-9-14(24-3)5-6-17(15)22-18;14-10-4-8-12-7-3-6-11-5-1-2-9-13(11)12;1-3-2;1-2/h5-10,18,22H,1-4H3,(H2,21,23);1-3,5-7,9,14H,4,8,10H2;1H,2H3;1-2H3. The molecule has 1 unspecified atom stereocenters. The van der Waals surface area contributed by atoms with Crippen molar-refractivity contribution in [2.75, 3.05) is 26.1 Å². The van der Waals surface area contributed by atoms with Gasteiger partial charge in [0.1, 0.15) is 11.5 Å². The fourth-order valence-electron chi connectivity index (χ4n) is 5.12. The maximum atomic E-state index is 12.0. The Morgan fingerprint density at radius 3 is 2.20 bits per heavy atom. The highest BCUT2D eigenvalue weighted by Gasteiger charge is 2.24. The molecule has 1 amide bonds. The third kappa shape index (κ3) is 9.13. The van der Waals surface area contributed by atoms with Crippen molar-refractivity contribution in [3.05, 3.63) is 107 Å². The summed E-state index contributed by atoms with van der Waals surface area (Å²) >= 11 is 0. The molecule has 6 nitrogen and oxygen atoms in total. The summed E-state index contributed by atoms with van der Waals surface area (Å²) in [6, 6.07) is 24.3. The van der Waals surface area contributed by atoms with E-state index in [2.05, 4.69) is 72.3 Å². The number of ether oxygens (including phenoxy) is 2. The van der Waals surface area contributed by atoms with Gasteiger partial charge in [-0.2, -0.15) is 0 Å². The van der Waals surface area contributed by atoms with Crippen LogP contribution in [-0.4, -0.2) is 31.8 Å². The number of methoxy groups -OCH3 is 2. The average Bonchev–Trinajstić information content (AvgIpc) is 3.04. The number of anilines is 1. The van der Waals surface area contributed by atoms with Crippen molar-refractivity contribution in [1.82, 2.24) is 0 Å². The summed E-state index contributed by atoms with van der Waals surface area (Å²) in [6.07, 6.45) is 8.26. The maximum absolute atomic E-state index is 12.0. The molecule has 0 spiro atoms. The first-order chi connectivity index (χ1) is 21.3. The van der Waals surface area contributed by atoms with Gasteiger partial charge in [-0.25, -0.2) is 0 Å². The molecule has 4 aromatic rings. The number of terminal acetylenes is 1. The smallest absolute Gasteiger partial charge is 0.249 e. The summed E-state index contributed by atoms with van der Waals surface area (Å²) < 4.78 is 10.7. The van der Waals surface area contributed by atoms with Crippen molar-refractivity contribution in [2.45, 2.75) is 53.5 Å². The Morgan fingerprint density at radius 2 is 1.61 bits per heavy atom. The van der Waals surface area contributed by atoms with Crippen LogP contribution in [0, 0.1) is 26.2 Å². The molecule has 4 N–H and O–H groups in total. The van der Waals surface area contributed by atoms with Gasteiger partial charge in [0.25, 0.3) is 0 Å². The fourth-order valence-corrected chi connectivity index (χ4v) is 5.12. The molecule has 4 aromatic carbocycles. The molecule has 232 valence electrons. The van der Waals surface area contributed by atoms with Crippen LogP contribution in [0.25, 0.3) is 16.3 Å². The van der Waals surface area contributed by atoms with Crippen molar-refractivity contribution in [3.63, 3.8) is 0 Å². The van der Waals surface area contributed by atoms with Gasteiger partial charge in [0.05, 0.1) is 20.3 Å². The quantitative estimate of drug-likeness (QED) is 0.190. The summed E-state index contributed by atoms with van der Waals surface area (Å²) in [6.45, 7) is 9.94. The molecule has 1 aliphatic rings. The first-order valence-corrected chi connectivity index (χ1v) is 14.8. The molecule has 1 heterocycles. The van der Waals surface area contributed by atoms with E-state index in [1.807, 2.05) is 52.0 Å². The van der Waals surface area contributed by atoms with Crippen molar-refractivity contribution in [1.29, 1.82) is 0 Å². The number of amides is 1. The van der Waals surface area contributed by atoms with E-state index in [0.717, 1.165) is 46.5 Å². The highest BCUT2D eigenvalue weighted by molar-refractivity contribution is 6.21. The lowest BCUT2D eigenvalue weighted by atomic mass is 9.91. The number of carbonyl (C=O) groups is 1. The van der Waals surface area contributed by atoms with Crippen LogP contribution in [0.4, 0.5) is 5.69 Å². The molecule has 6 heteroatoms. The van der Waals surface area contributed by atoms with E-state index in [9.17, 15) is 4.79 Å². The zero-order valence-corrected chi connectivity index (χ0v) is 27.0. The maximum Gasteiger partial charge on any atom is 0.249 e. The van der Waals surface area contributed by atoms with E-state index in [1.165, 1.54) is 16.3 Å². The van der Waals surface area contributed by atoms with E-state index in [1.54, 1.807) is 21.1 Å². The fraction of sp³-hybridized carbons (Fsp3) is 0.289. The highest BCUT2D eigenvalue weighted by atomic mass is 16.5. The number of nitrogens with one attached hydrogen (secondary N) is 1. The minimum atomic E-state index is -0.456. The summed E-state index contributed by atoms with van der Waals surface area (Å²) in [5, 5.41) is 14.8. The third-order valence-corrected chi connectivity index (χ3v) is 6.96. The SMILES string of the molecule is C#CC.CC.COc1ccc2c(c1)C(C(N)=O)=CC(c1cc(C)c(OC)c(C)c1)N2.OCCCc1cccc2ccccc12. The molecule has 0 fully saturated rings. The van der Waals surface area contributed by atoms with E-state index in [4.69, 9.17) is 20.3 Å². The number of aliphatic hydroxyl groups is 1. The van der Waals surface area contributed by atoms with E-state index in [0.29, 0.717) is 11.3 Å². The monoisotopic (exact) mass is 594 g/mol. The van der Waals surface area contributed by atoms with Gasteiger partial charge in [0.2, 0.25) is 5.91 Å². The van der Waals surface area contributed by atoms with E-state index >= 15 is 0 Å². The second-order valence-electron chi connectivity index (χ2n) is 9.92. The third-order valence-electron chi connectivity index (χ3n) is 6.96. The lowest BCUT2D eigenvalue weighted by molar-refractivity contribution is -0.112. The predicted molar refractivity (Wildman–Crippen MR) is 184 cm³/mol. The van der Waals surface area contributed by atoms with Crippen molar-refractivity contribution in [2.24, 2.45) is 5.73 Å². The summed E-state index contributed by atoms with van der Waals surface area (Å²) in [4.78, 5) is 12.0. The topological polar surface area (TPSA) is 93.8 Å². The van der Waals surface area contributed by atoms with Crippen LogP contribution in [-0.2, 0) is 11.2 Å². The molecule has 5 rings (SSSR count). The molecule has 0 bridgehead atoms. The number of aryl methyl sites for hydroxylation is 3. The van der Waals surface area contributed by atoms with Crippen molar-refractivity contribution in [3.8, 4) is 23.8 Å². The summed E-state index contributed by atoms with van der Waals surface area (Å²) in [5.74, 6) is 3.36. The van der Waals surface area contributed by atoms with Gasteiger partial charge < -0.3 is 25.6 Å². The molecule has 44 heavy (non-hydrogen) atoms. The van der Waals surface area contributed by atoms with Crippen LogP contribution in [0.15, 0.2) is 78.9 Å². The Bertz CT molecular complexity index is 1570.